The van der Waals surface area contributed by atoms with Crippen molar-refractivity contribution < 1.29 is 23.7 Å². The van der Waals surface area contributed by atoms with Gasteiger partial charge in [0.15, 0.2) is 23.0 Å². The Bertz CT molecular complexity index is 744. The van der Waals surface area contributed by atoms with Gasteiger partial charge in [-0.25, -0.2) is 0 Å². The minimum Gasteiger partial charge on any atom is -0.493 e. The predicted molar refractivity (Wildman–Crippen MR) is 107 cm³/mol. The van der Waals surface area contributed by atoms with Gasteiger partial charge >= 0.3 is 0 Å². The van der Waals surface area contributed by atoms with Crippen molar-refractivity contribution in [2.75, 3.05) is 28.4 Å². The van der Waals surface area contributed by atoms with E-state index in [1.807, 2.05) is 43.3 Å². The topological polar surface area (TPSA) is 46.2 Å². The van der Waals surface area contributed by atoms with E-state index in [2.05, 4.69) is 6.58 Å². The summed E-state index contributed by atoms with van der Waals surface area (Å²) >= 11 is 0. The van der Waals surface area contributed by atoms with Crippen molar-refractivity contribution in [1.29, 1.82) is 0 Å². The molecule has 0 heterocycles. The van der Waals surface area contributed by atoms with Gasteiger partial charge in [-0.2, -0.15) is 0 Å². The molecule has 0 aliphatic heterocycles. The summed E-state index contributed by atoms with van der Waals surface area (Å²) in [7, 11) is 6.50. The number of hydrogen-bond acceptors (Lipinski definition) is 5. The Hall–Kier alpha value is -2.82. The average molecular weight is 372 g/mol. The van der Waals surface area contributed by atoms with Crippen molar-refractivity contribution in [3.63, 3.8) is 0 Å². The van der Waals surface area contributed by atoms with E-state index in [-0.39, 0.29) is 6.10 Å². The maximum absolute atomic E-state index is 6.18. The van der Waals surface area contributed by atoms with Gasteiger partial charge in [0.1, 0.15) is 6.10 Å². The van der Waals surface area contributed by atoms with Gasteiger partial charge in [0, 0.05) is 6.42 Å². The Labute approximate surface area is 161 Å². The van der Waals surface area contributed by atoms with Crippen molar-refractivity contribution in [2.24, 2.45) is 0 Å². The fraction of sp³-hybridized carbons (Fsp3) is 0.364. The molecule has 0 radical (unpaired) electrons. The minimum atomic E-state index is -0.101. The molecule has 0 saturated heterocycles. The number of hydrogen-bond donors (Lipinski definition) is 0. The fourth-order valence-corrected chi connectivity index (χ4v) is 2.92. The maximum Gasteiger partial charge on any atom is 0.203 e. The molecule has 146 valence electrons. The van der Waals surface area contributed by atoms with Crippen LogP contribution in [0.15, 0.2) is 43.0 Å². The van der Waals surface area contributed by atoms with Crippen LogP contribution in [0.25, 0.3) is 0 Å². The largest absolute Gasteiger partial charge is 0.493 e. The number of allylic oxidation sites excluding steroid dienone is 1. The number of benzene rings is 2. The third kappa shape index (κ3) is 5.09. The van der Waals surface area contributed by atoms with Crippen LogP contribution in [0.1, 0.15) is 18.1 Å². The summed E-state index contributed by atoms with van der Waals surface area (Å²) in [5, 5.41) is 0. The summed E-state index contributed by atoms with van der Waals surface area (Å²) in [6.07, 6.45) is 3.17. The second-order valence-electron chi connectivity index (χ2n) is 6.14. The van der Waals surface area contributed by atoms with Crippen LogP contribution in [-0.4, -0.2) is 34.5 Å². The smallest absolute Gasteiger partial charge is 0.203 e. The molecule has 0 aromatic heterocycles. The summed E-state index contributed by atoms with van der Waals surface area (Å²) in [6.45, 7) is 5.79. The number of methoxy groups -OCH3 is 4. The van der Waals surface area contributed by atoms with Crippen LogP contribution in [-0.2, 0) is 12.8 Å². The quantitative estimate of drug-likeness (QED) is 0.576. The molecule has 0 aliphatic carbocycles. The summed E-state index contributed by atoms with van der Waals surface area (Å²) < 4.78 is 27.9. The van der Waals surface area contributed by atoms with E-state index in [1.54, 1.807) is 28.4 Å². The van der Waals surface area contributed by atoms with Gasteiger partial charge in [-0.1, -0.05) is 12.1 Å². The molecule has 0 aliphatic rings. The first kappa shape index (κ1) is 20.5. The average Bonchev–Trinajstić information content (AvgIpc) is 2.68. The zero-order valence-corrected chi connectivity index (χ0v) is 16.7. The van der Waals surface area contributed by atoms with Gasteiger partial charge < -0.3 is 23.7 Å². The third-order valence-corrected chi connectivity index (χ3v) is 4.19. The van der Waals surface area contributed by atoms with Crippen molar-refractivity contribution in [3.05, 3.63) is 54.1 Å². The highest BCUT2D eigenvalue weighted by atomic mass is 16.5. The summed E-state index contributed by atoms with van der Waals surface area (Å²) in [5.74, 6) is 3.29. The minimum absolute atomic E-state index is 0.101. The summed E-state index contributed by atoms with van der Waals surface area (Å²) in [6, 6.07) is 9.75. The van der Waals surface area contributed by atoms with Crippen LogP contribution in [0.2, 0.25) is 0 Å². The van der Waals surface area contributed by atoms with Gasteiger partial charge in [0.2, 0.25) is 5.75 Å². The fourth-order valence-electron chi connectivity index (χ4n) is 2.92. The normalized spacial score (nSPS) is 11.4. The maximum atomic E-state index is 6.18. The lowest BCUT2D eigenvalue weighted by atomic mass is 10.1. The van der Waals surface area contributed by atoms with Crippen LogP contribution < -0.4 is 23.7 Å². The lowest BCUT2D eigenvalue weighted by molar-refractivity contribution is 0.201. The van der Waals surface area contributed by atoms with E-state index >= 15 is 0 Å². The zero-order chi connectivity index (χ0) is 19.8. The third-order valence-electron chi connectivity index (χ3n) is 4.19. The molecule has 2 aromatic carbocycles. The van der Waals surface area contributed by atoms with Crippen molar-refractivity contribution >= 4 is 0 Å². The highest BCUT2D eigenvalue weighted by Gasteiger charge is 2.17. The van der Waals surface area contributed by atoms with Gasteiger partial charge in [-0.3, -0.25) is 0 Å². The summed E-state index contributed by atoms with van der Waals surface area (Å²) in [4.78, 5) is 0. The highest BCUT2D eigenvalue weighted by molar-refractivity contribution is 5.54. The molecule has 0 saturated carbocycles. The molecule has 1 unspecified atom stereocenters. The lowest BCUT2D eigenvalue weighted by Gasteiger charge is -2.20. The SMILES string of the molecule is C=CCc1cc(OC)c(OC(C)Cc2ccc(OC)c(OC)c2)c(OC)c1. The van der Waals surface area contributed by atoms with Gasteiger partial charge in [-0.15, -0.1) is 6.58 Å². The number of ether oxygens (including phenoxy) is 5. The Kier molecular flexibility index (Phi) is 7.41. The highest BCUT2D eigenvalue weighted by Crippen LogP contribution is 2.40. The van der Waals surface area contributed by atoms with Crippen molar-refractivity contribution in [3.8, 4) is 28.7 Å². The van der Waals surface area contributed by atoms with E-state index in [0.29, 0.717) is 35.2 Å². The Morgan fingerprint density at radius 3 is 1.89 bits per heavy atom. The molecule has 0 bridgehead atoms. The Morgan fingerprint density at radius 1 is 0.815 bits per heavy atom. The monoisotopic (exact) mass is 372 g/mol. The standard InChI is InChI=1S/C22H28O5/c1-7-8-16-13-20(25-5)22(21(14-16)26-6)27-15(2)11-17-9-10-18(23-3)19(12-17)24-4/h7,9-10,12-15H,1,8,11H2,2-6H3. The zero-order valence-electron chi connectivity index (χ0n) is 16.7. The molecule has 27 heavy (non-hydrogen) atoms. The van der Waals surface area contributed by atoms with E-state index in [1.165, 1.54) is 0 Å². The first-order chi connectivity index (χ1) is 13.1. The van der Waals surface area contributed by atoms with Gasteiger partial charge in [0.05, 0.1) is 28.4 Å². The van der Waals surface area contributed by atoms with E-state index in [0.717, 1.165) is 17.5 Å². The van der Waals surface area contributed by atoms with E-state index in [4.69, 9.17) is 23.7 Å². The van der Waals surface area contributed by atoms with Gasteiger partial charge in [-0.05, 0) is 48.7 Å². The molecule has 0 amide bonds. The molecular weight excluding hydrogens is 344 g/mol. The molecule has 0 N–H and O–H groups in total. The second kappa shape index (κ2) is 9.76. The van der Waals surface area contributed by atoms with E-state index < -0.39 is 0 Å². The molecule has 2 aromatic rings. The molecule has 5 nitrogen and oxygen atoms in total. The molecule has 1 atom stereocenters. The van der Waals surface area contributed by atoms with Crippen LogP contribution >= 0.6 is 0 Å². The molecule has 2 rings (SSSR count). The summed E-state index contributed by atoms with van der Waals surface area (Å²) in [5.41, 5.74) is 2.14. The van der Waals surface area contributed by atoms with Crippen molar-refractivity contribution in [1.82, 2.24) is 0 Å². The first-order valence-corrected chi connectivity index (χ1v) is 8.79. The molecule has 0 fully saturated rings. The Balaban J connectivity index is 2.22. The lowest BCUT2D eigenvalue weighted by Crippen LogP contribution is -2.16. The Morgan fingerprint density at radius 2 is 1.37 bits per heavy atom. The molecule has 0 spiro atoms. The van der Waals surface area contributed by atoms with Crippen molar-refractivity contribution in [2.45, 2.75) is 25.9 Å². The van der Waals surface area contributed by atoms with Crippen LogP contribution in [0.3, 0.4) is 0 Å². The molecular formula is C22H28O5. The van der Waals surface area contributed by atoms with Gasteiger partial charge in [0.25, 0.3) is 0 Å². The van der Waals surface area contributed by atoms with E-state index in [9.17, 15) is 0 Å². The van der Waals surface area contributed by atoms with Crippen LogP contribution in [0, 0.1) is 0 Å². The van der Waals surface area contributed by atoms with Crippen LogP contribution in [0.5, 0.6) is 28.7 Å². The van der Waals surface area contributed by atoms with Crippen LogP contribution in [0.4, 0.5) is 0 Å². The number of rotatable bonds is 10. The molecule has 5 heteroatoms. The second-order valence-corrected chi connectivity index (χ2v) is 6.14. The first-order valence-electron chi connectivity index (χ1n) is 8.79. The predicted octanol–water partition coefficient (Wildman–Crippen LogP) is 4.46.